The molecule has 0 unspecified atom stereocenters. The smallest absolute Gasteiger partial charge is 0.344 e. The number of benzene rings is 1. The highest BCUT2D eigenvalue weighted by Gasteiger charge is 2.09. The summed E-state index contributed by atoms with van der Waals surface area (Å²) >= 11 is 14.9. The first-order chi connectivity index (χ1) is 7.54. The Morgan fingerprint density at radius 3 is 2.62 bits per heavy atom. The molecule has 0 bridgehead atoms. The van der Waals surface area contributed by atoms with Crippen LogP contribution < -0.4 is 4.74 Å². The van der Waals surface area contributed by atoms with E-state index in [4.69, 9.17) is 32.7 Å². The quantitative estimate of drug-likeness (QED) is 0.625. The molecule has 6 heteroatoms. The summed E-state index contributed by atoms with van der Waals surface area (Å²) in [4.78, 5) is 11.1. The first-order valence-electron chi connectivity index (χ1n) is 4.47. The summed E-state index contributed by atoms with van der Waals surface area (Å²) in [5.41, 5.74) is 0. The van der Waals surface area contributed by atoms with Crippen LogP contribution in [0.15, 0.2) is 16.6 Å². The molecule has 0 aromatic heterocycles. The van der Waals surface area contributed by atoms with Crippen molar-refractivity contribution < 1.29 is 14.3 Å². The maximum Gasteiger partial charge on any atom is 0.344 e. The number of carbonyl (C=O) groups is 1. The van der Waals surface area contributed by atoms with Crippen molar-refractivity contribution in [2.75, 3.05) is 13.2 Å². The SMILES string of the molecule is CCOC(=O)COc1cc(Cl)c(Cl)cc1Br. The van der Waals surface area contributed by atoms with Crippen molar-refractivity contribution in [3.05, 3.63) is 26.7 Å². The molecule has 1 aromatic rings. The number of hydrogen-bond donors (Lipinski definition) is 0. The van der Waals surface area contributed by atoms with E-state index < -0.39 is 5.97 Å². The molecule has 0 radical (unpaired) electrons. The van der Waals surface area contributed by atoms with E-state index in [2.05, 4.69) is 15.9 Å². The van der Waals surface area contributed by atoms with Gasteiger partial charge in [0.2, 0.25) is 0 Å². The molecule has 0 aliphatic heterocycles. The van der Waals surface area contributed by atoms with E-state index in [0.717, 1.165) is 0 Å². The molecule has 1 aromatic carbocycles. The van der Waals surface area contributed by atoms with Crippen LogP contribution in [0.3, 0.4) is 0 Å². The van der Waals surface area contributed by atoms with Gasteiger partial charge in [-0.15, -0.1) is 0 Å². The average Bonchev–Trinajstić information content (AvgIpc) is 2.22. The molecule has 0 amide bonds. The number of carbonyl (C=O) groups excluding carboxylic acids is 1. The van der Waals surface area contributed by atoms with Crippen LogP contribution in [0.4, 0.5) is 0 Å². The molecule has 1 rings (SSSR count). The van der Waals surface area contributed by atoms with Crippen molar-refractivity contribution in [3.8, 4) is 5.75 Å². The summed E-state index contributed by atoms with van der Waals surface area (Å²) in [6.45, 7) is 1.89. The lowest BCUT2D eigenvalue weighted by Gasteiger charge is -2.08. The molecule has 3 nitrogen and oxygen atoms in total. The summed E-state index contributed by atoms with van der Waals surface area (Å²) in [6, 6.07) is 3.14. The molecule has 0 aliphatic carbocycles. The maximum absolute atomic E-state index is 11.1. The van der Waals surface area contributed by atoms with E-state index in [1.165, 1.54) is 6.07 Å². The first-order valence-corrected chi connectivity index (χ1v) is 6.02. The lowest BCUT2D eigenvalue weighted by atomic mass is 10.3. The van der Waals surface area contributed by atoms with Gasteiger partial charge in [0, 0.05) is 6.07 Å². The molecule has 0 heterocycles. The van der Waals surface area contributed by atoms with Crippen LogP contribution in [-0.2, 0) is 9.53 Å². The Morgan fingerprint density at radius 1 is 1.38 bits per heavy atom. The third-order valence-electron chi connectivity index (χ3n) is 1.63. The Labute approximate surface area is 112 Å². The van der Waals surface area contributed by atoms with Crippen LogP contribution >= 0.6 is 39.1 Å². The van der Waals surface area contributed by atoms with Gasteiger partial charge in [-0.25, -0.2) is 4.79 Å². The van der Waals surface area contributed by atoms with Gasteiger partial charge in [-0.1, -0.05) is 23.2 Å². The minimum atomic E-state index is -0.430. The molecule has 0 N–H and O–H groups in total. The van der Waals surface area contributed by atoms with Crippen molar-refractivity contribution in [2.24, 2.45) is 0 Å². The van der Waals surface area contributed by atoms with E-state index in [1.54, 1.807) is 13.0 Å². The summed E-state index contributed by atoms with van der Waals surface area (Å²) in [6.07, 6.45) is 0. The van der Waals surface area contributed by atoms with Gasteiger partial charge < -0.3 is 9.47 Å². The standard InChI is InChI=1S/C10H9BrCl2O3/c1-2-15-10(14)5-16-9-4-8(13)7(12)3-6(9)11/h3-4H,2,5H2,1H3. The van der Waals surface area contributed by atoms with Crippen LogP contribution in [0.25, 0.3) is 0 Å². The zero-order chi connectivity index (χ0) is 12.1. The molecule has 88 valence electrons. The van der Waals surface area contributed by atoms with Crippen LogP contribution in [0.2, 0.25) is 10.0 Å². The molecule has 0 aliphatic rings. The monoisotopic (exact) mass is 326 g/mol. The van der Waals surface area contributed by atoms with Gasteiger partial charge in [0.05, 0.1) is 21.1 Å². The lowest BCUT2D eigenvalue weighted by Crippen LogP contribution is -2.14. The van der Waals surface area contributed by atoms with Gasteiger partial charge >= 0.3 is 5.97 Å². The minimum absolute atomic E-state index is 0.162. The van der Waals surface area contributed by atoms with Crippen molar-refractivity contribution in [1.29, 1.82) is 0 Å². The summed E-state index contributed by atoms with van der Waals surface area (Å²) in [7, 11) is 0. The maximum atomic E-state index is 11.1. The molecule has 16 heavy (non-hydrogen) atoms. The Bertz CT molecular complexity index is 396. The Morgan fingerprint density at radius 2 is 2.00 bits per heavy atom. The van der Waals surface area contributed by atoms with E-state index >= 15 is 0 Å². The Kier molecular flexibility index (Phi) is 5.38. The molecule has 0 spiro atoms. The normalized spacial score (nSPS) is 10.0. The van der Waals surface area contributed by atoms with Gasteiger partial charge in [0.25, 0.3) is 0 Å². The van der Waals surface area contributed by atoms with Gasteiger partial charge in [0.1, 0.15) is 5.75 Å². The van der Waals surface area contributed by atoms with Gasteiger partial charge in [-0.2, -0.15) is 0 Å². The van der Waals surface area contributed by atoms with E-state index in [9.17, 15) is 4.79 Å². The van der Waals surface area contributed by atoms with Gasteiger partial charge in [0.15, 0.2) is 6.61 Å². The van der Waals surface area contributed by atoms with E-state index in [0.29, 0.717) is 26.9 Å². The molecular weight excluding hydrogens is 319 g/mol. The highest BCUT2D eigenvalue weighted by molar-refractivity contribution is 9.10. The van der Waals surface area contributed by atoms with Crippen molar-refractivity contribution in [1.82, 2.24) is 0 Å². The Balaban J connectivity index is 2.67. The fourth-order valence-corrected chi connectivity index (χ4v) is 1.86. The molecule has 0 fully saturated rings. The van der Waals surface area contributed by atoms with Crippen LogP contribution in [0, 0.1) is 0 Å². The first kappa shape index (κ1) is 13.6. The molecule has 0 saturated heterocycles. The summed E-state index contributed by atoms with van der Waals surface area (Å²) in [5.74, 6) is 0.0166. The number of halogens is 3. The second-order valence-corrected chi connectivity index (χ2v) is 4.46. The third-order valence-corrected chi connectivity index (χ3v) is 2.97. The average molecular weight is 328 g/mol. The van der Waals surface area contributed by atoms with Crippen LogP contribution in [-0.4, -0.2) is 19.2 Å². The zero-order valence-electron chi connectivity index (χ0n) is 8.43. The van der Waals surface area contributed by atoms with Crippen molar-refractivity contribution >= 4 is 45.1 Å². The van der Waals surface area contributed by atoms with Crippen molar-refractivity contribution in [2.45, 2.75) is 6.92 Å². The molecule has 0 saturated carbocycles. The summed E-state index contributed by atoms with van der Waals surface area (Å²) in [5, 5.41) is 0.778. The van der Waals surface area contributed by atoms with Crippen molar-refractivity contribution in [3.63, 3.8) is 0 Å². The number of rotatable bonds is 4. The van der Waals surface area contributed by atoms with Gasteiger partial charge in [-0.3, -0.25) is 0 Å². The predicted octanol–water partition coefficient (Wildman–Crippen LogP) is 3.70. The minimum Gasteiger partial charge on any atom is -0.481 e. The van der Waals surface area contributed by atoms with E-state index in [-0.39, 0.29) is 6.61 Å². The fourth-order valence-electron chi connectivity index (χ4n) is 0.954. The highest BCUT2D eigenvalue weighted by Crippen LogP contribution is 2.33. The molecule has 0 atom stereocenters. The highest BCUT2D eigenvalue weighted by atomic mass is 79.9. The second kappa shape index (κ2) is 6.33. The largest absolute Gasteiger partial charge is 0.481 e. The van der Waals surface area contributed by atoms with E-state index in [1.807, 2.05) is 0 Å². The number of hydrogen-bond acceptors (Lipinski definition) is 3. The van der Waals surface area contributed by atoms with Crippen LogP contribution in [0.5, 0.6) is 5.75 Å². The fraction of sp³-hybridized carbons (Fsp3) is 0.300. The Hall–Kier alpha value is -0.450. The number of ether oxygens (including phenoxy) is 2. The molecular formula is C10H9BrCl2O3. The van der Waals surface area contributed by atoms with Gasteiger partial charge in [-0.05, 0) is 28.9 Å². The topological polar surface area (TPSA) is 35.5 Å². The summed E-state index contributed by atoms with van der Waals surface area (Å²) < 4.78 is 10.6. The zero-order valence-corrected chi connectivity index (χ0v) is 11.5. The third kappa shape index (κ3) is 3.85. The second-order valence-electron chi connectivity index (χ2n) is 2.79. The lowest BCUT2D eigenvalue weighted by molar-refractivity contribution is -0.145. The predicted molar refractivity (Wildman–Crippen MR) is 66.3 cm³/mol. The number of esters is 1. The van der Waals surface area contributed by atoms with Crippen LogP contribution in [0.1, 0.15) is 6.92 Å².